The first-order valence-corrected chi connectivity index (χ1v) is 6.36. The second-order valence-corrected chi connectivity index (χ2v) is 4.30. The molecule has 0 aliphatic carbocycles. The normalized spacial score (nSPS) is 10.7. The summed E-state index contributed by atoms with van der Waals surface area (Å²) in [5, 5.41) is 1.13. The Kier molecular flexibility index (Phi) is 3.70. The first kappa shape index (κ1) is 12.7. The monoisotopic (exact) mass is 246 g/mol. The summed E-state index contributed by atoms with van der Waals surface area (Å²) in [6.07, 6.45) is 0. The summed E-state index contributed by atoms with van der Waals surface area (Å²) >= 11 is 0. The van der Waals surface area contributed by atoms with E-state index < -0.39 is 0 Å². The third-order valence-corrected chi connectivity index (χ3v) is 3.24. The minimum atomic E-state index is 0.822. The summed E-state index contributed by atoms with van der Waals surface area (Å²) in [4.78, 5) is 0. The number of hydrogen-bond donors (Lipinski definition) is 0. The van der Waals surface area contributed by atoms with Gasteiger partial charge in [-0.1, -0.05) is 0 Å². The third-order valence-electron chi connectivity index (χ3n) is 3.24. The minimum Gasteiger partial charge on any atom is -0.497 e. The largest absolute Gasteiger partial charge is 0.497 e. The highest BCUT2D eigenvalue weighted by molar-refractivity contribution is 5.81. The van der Waals surface area contributed by atoms with Crippen molar-refractivity contribution in [3.05, 3.63) is 35.4 Å². The first-order valence-electron chi connectivity index (χ1n) is 6.36. The molecule has 0 fully saturated rings. The number of ether oxygens (including phenoxy) is 1. The SMILES string of the molecule is CC[N+](CC)=c1cc(C)c2ccc(OC)cc2o1. The lowest BCUT2D eigenvalue weighted by Crippen LogP contribution is -2.29. The molecule has 0 amide bonds. The van der Waals surface area contributed by atoms with Crippen LogP contribution in [0.5, 0.6) is 5.75 Å². The van der Waals surface area contributed by atoms with Crippen molar-refractivity contribution in [2.24, 2.45) is 0 Å². The Morgan fingerprint density at radius 1 is 1.17 bits per heavy atom. The van der Waals surface area contributed by atoms with Crippen LogP contribution in [-0.4, -0.2) is 20.2 Å². The van der Waals surface area contributed by atoms with E-state index >= 15 is 0 Å². The molecule has 0 atom stereocenters. The maximum atomic E-state index is 5.97. The molecule has 0 bridgehead atoms. The van der Waals surface area contributed by atoms with Crippen LogP contribution in [-0.2, 0) is 0 Å². The van der Waals surface area contributed by atoms with Crippen molar-refractivity contribution >= 4 is 11.0 Å². The summed E-state index contributed by atoms with van der Waals surface area (Å²) in [6.45, 7) is 8.25. The van der Waals surface area contributed by atoms with Crippen LogP contribution in [0.25, 0.3) is 11.0 Å². The molecule has 1 aromatic heterocycles. The van der Waals surface area contributed by atoms with Gasteiger partial charge >= 0.3 is 5.55 Å². The predicted octanol–water partition coefficient (Wildman–Crippen LogP) is 2.56. The molecule has 1 aromatic carbocycles. The Hall–Kier alpha value is -1.77. The quantitative estimate of drug-likeness (QED) is 0.778. The molecule has 18 heavy (non-hydrogen) atoms. The smallest absolute Gasteiger partial charge is 0.368 e. The van der Waals surface area contributed by atoms with Gasteiger partial charge in [-0.15, -0.1) is 0 Å². The lowest BCUT2D eigenvalue weighted by molar-refractivity contribution is 0.412. The summed E-state index contributed by atoms with van der Waals surface area (Å²) in [5.41, 5.74) is 3.01. The van der Waals surface area contributed by atoms with Crippen molar-refractivity contribution in [2.75, 3.05) is 20.2 Å². The van der Waals surface area contributed by atoms with Gasteiger partial charge in [0.25, 0.3) is 0 Å². The van der Waals surface area contributed by atoms with Gasteiger partial charge in [0.1, 0.15) is 24.4 Å². The molecule has 0 saturated carbocycles. The molecule has 0 N–H and O–H groups in total. The number of fused-ring (bicyclic) bond motifs is 1. The van der Waals surface area contributed by atoms with Crippen LogP contribution in [0.4, 0.5) is 0 Å². The highest BCUT2D eigenvalue weighted by Crippen LogP contribution is 2.21. The molecule has 2 rings (SSSR count). The zero-order valence-electron chi connectivity index (χ0n) is 11.5. The van der Waals surface area contributed by atoms with Gasteiger partial charge < -0.3 is 9.15 Å². The van der Waals surface area contributed by atoms with Gasteiger partial charge in [0.05, 0.1) is 13.2 Å². The van der Waals surface area contributed by atoms with Crippen molar-refractivity contribution in [1.82, 2.24) is 4.58 Å². The molecule has 0 saturated heterocycles. The lowest BCUT2D eigenvalue weighted by Gasteiger charge is -2.04. The Morgan fingerprint density at radius 2 is 1.89 bits per heavy atom. The van der Waals surface area contributed by atoms with Crippen LogP contribution in [0.1, 0.15) is 19.4 Å². The van der Waals surface area contributed by atoms with Crippen molar-refractivity contribution in [3.63, 3.8) is 0 Å². The average Bonchev–Trinajstić information content (AvgIpc) is 2.39. The first-order chi connectivity index (χ1) is 8.69. The van der Waals surface area contributed by atoms with E-state index in [-0.39, 0.29) is 0 Å². The van der Waals surface area contributed by atoms with E-state index in [1.807, 2.05) is 18.2 Å². The zero-order chi connectivity index (χ0) is 13.1. The molecule has 3 heteroatoms. The van der Waals surface area contributed by atoms with E-state index in [1.54, 1.807) is 7.11 Å². The van der Waals surface area contributed by atoms with Crippen molar-refractivity contribution in [3.8, 4) is 5.75 Å². The third kappa shape index (κ3) is 2.26. The standard InChI is InChI=1S/C15H20NO2/c1-5-16(6-2)15-9-11(3)13-8-7-12(17-4)10-14(13)18-15/h7-10H,5-6H2,1-4H3/q+1. The second kappa shape index (κ2) is 5.25. The van der Waals surface area contributed by atoms with Gasteiger partial charge in [-0.2, -0.15) is 4.58 Å². The fourth-order valence-corrected chi connectivity index (χ4v) is 2.14. The van der Waals surface area contributed by atoms with Gasteiger partial charge in [0.15, 0.2) is 0 Å². The molecular weight excluding hydrogens is 226 g/mol. The zero-order valence-corrected chi connectivity index (χ0v) is 11.5. The van der Waals surface area contributed by atoms with Gasteiger partial charge in [0.2, 0.25) is 0 Å². The maximum Gasteiger partial charge on any atom is 0.368 e. The summed E-state index contributed by atoms with van der Waals surface area (Å²) < 4.78 is 13.4. The van der Waals surface area contributed by atoms with Crippen LogP contribution in [0.2, 0.25) is 0 Å². The lowest BCUT2D eigenvalue weighted by atomic mass is 10.1. The van der Waals surface area contributed by atoms with Gasteiger partial charge in [0, 0.05) is 11.5 Å². The van der Waals surface area contributed by atoms with E-state index in [2.05, 4.69) is 31.4 Å². The van der Waals surface area contributed by atoms with E-state index in [9.17, 15) is 0 Å². The maximum absolute atomic E-state index is 5.97. The average molecular weight is 246 g/mol. The Labute approximate surface area is 107 Å². The van der Waals surface area contributed by atoms with Crippen LogP contribution in [0.3, 0.4) is 0 Å². The molecule has 0 aliphatic heterocycles. The predicted molar refractivity (Wildman–Crippen MR) is 73.9 cm³/mol. The molecule has 96 valence electrons. The molecule has 0 aliphatic rings. The molecular formula is C15H20NO2+. The van der Waals surface area contributed by atoms with Gasteiger partial charge in [-0.3, -0.25) is 0 Å². The number of rotatable bonds is 3. The minimum absolute atomic E-state index is 0.822. The number of methoxy groups -OCH3 is 1. The highest BCUT2D eigenvalue weighted by atomic mass is 16.5. The van der Waals surface area contributed by atoms with E-state index in [4.69, 9.17) is 9.15 Å². The second-order valence-electron chi connectivity index (χ2n) is 4.30. The van der Waals surface area contributed by atoms with Crippen molar-refractivity contribution in [1.29, 1.82) is 0 Å². The van der Waals surface area contributed by atoms with E-state index in [1.165, 1.54) is 5.56 Å². The molecule has 2 aromatic rings. The van der Waals surface area contributed by atoms with Crippen LogP contribution in [0, 0.1) is 6.92 Å². The Bertz CT molecular complexity index is 620. The molecule has 0 unspecified atom stereocenters. The molecule has 0 spiro atoms. The Morgan fingerprint density at radius 3 is 2.50 bits per heavy atom. The van der Waals surface area contributed by atoms with Crippen LogP contribution >= 0.6 is 0 Å². The van der Waals surface area contributed by atoms with Crippen molar-refractivity contribution in [2.45, 2.75) is 20.8 Å². The molecule has 3 nitrogen and oxygen atoms in total. The Balaban J connectivity index is 2.77. The van der Waals surface area contributed by atoms with E-state index in [0.717, 1.165) is 35.4 Å². The molecule has 0 radical (unpaired) electrons. The summed E-state index contributed by atoms with van der Waals surface area (Å²) in [5.74, 6) is 0.822. The molecule has 1 heterocycles. The van der Waals surface area contributed by atoms with Crippen molar-refractivity contribution < 1.29 is 9.15 Å². The highest BCUT2D eigenvalue weighted by Gasteiger charge is 2.07. The fraction of sp³-hybridized carbons (Fsp3) is 0.400. The number of benzene rings is 1. The van der Waals surface area contributed by atoms with Gasteiger partial charge in [-0.05, 0) is 38.5 Å². The number of nitrogens with zero attached hydrogens (tertiary/aromatic N) is 1. The van der Waals surface area contributed by atoms with Gasteiger partial charge in [-0.25, -0.2) is 0 Å². The topological polar surface area (TPSA) is 25.4 Å². The number of hydrogen-bond acceptors (Lipinski definition) is 2. The fourth-order valence-electron chi connectivity index (χ4n) is 2.14. The van der Waals surface area contributed by atoms with Crippen LogP contribution in [0.15, 0.2) is 28.7 Å². The van der Waals surface area contributed by atoms with Crippen LogP contribution < -0.4 is 14.9 Å². The van der Waals surface area contributed by atoms with E-state index in [0.29, 0.717) is 0 Å². The number of aryl methyl sites for hydroxylation is 1. The summed E-state index contributed by atoms with van der Waals surface area (Å²) in [6, 6.07) is 8.04. The summed E-state index contributed by atoms with van der Waals surface area (Å²) in [7, 11) is 1.67.